The zero-order chi connectivity index (χ0) is 23.8. The van der Waals surface area contributed by atoms with E-state index in [0.717, 1.165) is 42.2 Å². The third kappa shape index (κ3) is 9.93. The van der Waals surface area contributed by atoms with Crippen LogP contribution in [-0.4, -0.2) is 0 Å². The van der Waals surface area contributed by atoms with E-state index in [4.69, 9.17) is 0 Å². The Balaban J connectivity index is 1.37. The third-order valence-corrected chi connectivity index (χ3v) is 7.53. The third-order valence-electron chi connectivity index (χ3n) is 7.53. The van der Waals surface area contributed by atoms with E-state index in [0.29, 0.717) is 0 Å². The fourth-order valence-electron chi connectivity index (χ4n) is 5.23. The summed E-state index contributed by atoms with van der Waals surface area (Å²) in [6.45, 7) is 4.49. The first-order valence-electron chi connectivity index (χ1n) is 14.1. The molecular formula is C34H46. The lowest BCUT2D eigenvalue weighted by atomic mass is 9.77. The summed E-state index contributed by atoms with van der Waals surface area (Å²) in [7, 11) is 0. The van der Waals surface area contributed by atoms with Gasteiger partial charge in [0.2, 0.25) is 0 Å². The van der Waals surface area contributed by atoms with Crippen molar-refractivity contribution in [2.75, 3.05) is 0 Å². The summed E-state index contributed by atoms with van der Waals surface area (Å²) in [5.74, 6) is 8.63. The summed E-state index contributed by atoms with van der Waals surface area (Å²) in [4.78, 5) is 0. The highest BCUT2D eigenvalue weighted by Crippen LogP contribution is 2.34. The van der Waals surface area contributed by atoms with Crippen molar-refractivity contribution in [3.8, 4) is 11.8 Å². The van der Waals surface area contributed by atoms with E-state index >= 15 is 0 Å². The molecule has 0 bridgehead atoms. The SMILES string of the molecule is CC/C=C/CCc1ccc(C#Cc2ccc(CCC3CCC(CCCCCC)CC3)cc2)cc1. The Morgan fingerprint density at radius 3 is 1.76 bits per heavy atom. The Morgan fingerprint density at radius 1 is 0.647 bits per heavy atom. The lowest BCUT2D eigenvalue weighted by Crippen LogP contribution is -2.15. The zero-order valence-corrected chi connectivity index (χ0v) is 21.8. The minimum absolute atomic E-state index is 0.942. The second-order valence-corrected chi connectivity index (χ2v) is 10.3. The van der Waals surface area contributed by atoms with Gasteiger partial charge in [0.15, 0.2) is 0 Å². The molecule has 1 aliphatic rings. The van der Waals surface area contributed by atoms with Crippen LogP contribution in [0.3, 0.4) is 0 Å². The fourth-order valence-corrected chi connectivity index (χ4v) is 5.23. The molecule has 0 amide bonds. The Morgan fingerprint density at radius 2 is 1.21 bits per heavy atom. The first-order chi connectivity index (χ1) is 16.8. The second kappa shape index (κ2) is 15.6. The van der Waals surface area contributed by atoms with E-state index in [1.807, 2.05) is 0 Å². The highest BCUT2D eigenvalue weighted by molar-refractivity contribution is 5.44. The molecule has 2 aromatic rings. The van der Waals surface area contributed by atoms with E-state index in [1.54, 1.807) is 0 Å². The summed E-state index contributed by atoms with van der Waals surface area (Å²) in [5, 5.41) is 0. The molecule has 182 valence electrons. The summed E-state index contributed by atoms with van der Waals surface area (Å²) in [5.41, 5.74) is 5.06. The minimum atomic E-state index is 0.942. The molecule has 34 heavy (non-hydrogen) atoms. The first-order valence-corrected chi connectivity index (χ1v) is 14.1. The van der Waals surface area contributed by atoms with Crippen molar-refractivity contribution < 1.29 is 0 Å². The molecule has 3 rings (SSSR count). The summed E-state index contributed by atoms with van der Waals surface area (Å²) in [6, 6.07) is 17.7. The molecule has 0 atom stereocenters. The Hall–Kier alpha value is -2.26. The van der Waals surface area contributed by atoms with Crippen LogP contribution >= 0.6 is 0 Å². The summed E-state index contributed by atoms with van der Waals surface area (Å²) in [6.07, 6.45) is 23.4. The molecule has 0 N–H and O–H groups in total. The molecule has 0 unspecified atom stereocenters. The maximum absolute atomic E-state index is 3.34. The lowest BCUT2D eigenvalue weighted by Gasteiger charge is -2.28. The van der Waals surface area contributed by atoms with Crippen molar-refractivity contribution in [2.24, 2.45) is 11.8 Å². The number of allylic oxidation sites excluding steroid dienone is 2. The van der Waals surface area contributed by atoms with Gasteiger partial charge in [-0.25, -0.2) is 0 Å². The Kier molecular flexibility index (Phi) is 12.1. The van der Waals surface area contributed by atoms with Crippen LogP contribution in [0.15, 0.2) is 60.7 Å². The first kappa shape index (κ1) is 26.3. The summed E-state index contributed by atoms with van der Waals surface area (Å²) < 4.78 is 0. The highest BCUT2D eigenvalue weighted by atomic mass is 14.3. The molecule has 1 fully saturated rings. The van der Waals surface area contributed by atoms with E-state index in [-0.39, 0.29) is 0 Å². The molecule has 1 aliphatic carbocycles. The van der Waals surface area contributed by atoms with E-state index in [9.17, 15) is 0 Å². The number of rotatable bonds is 12. The van der Waals surface area contributed by atoms with Crippen molar-refractivity contribution >= 4 is 0 Å². The van der Waals surface area contributed by atoms with Gasteiger partial charge in [0.1, 0.15) is 0 Å². The number of unbranched alkanes of at least 4 members (excludes halogenated alkanes) is 3. The standard InChI is InChI=1S/C34H46/c1-3-5-7-9-11-29-13-17-31(18-14-29)21-23-33-25-27-34(28-26-33)24-22-32-19-15-30(16-20-32)12-10-8-6-4-2/h5,7,13-14,17-18,25-28,30,32H,3-4,6,8-12,15-16,19-20,22,24H2,1-2H3/b7-5+. The van der Waals surface area contributed by atoms with E-state index < -0.39 is 0 Å². The van der Waals surface area contributed by atoms with Crippen LogP contribution in [-0.2, 0) is 12.8 Å². The Bertz CT molecular complexity index is 880. The van der Waals surface area contributed by atoms with Crippen LogP contribution < -0.4 is 0 Å². The van der Waals surface area contributed by atoms with Gasteiger partial charge in [-0.3, -0.25) is 0 Å². The van der Waals surface area contributed by atoms with Gasteiger partial charge in [0, 0.05) is 11.1 Å². The minimum Gasteiger partial charge on any atom is -0.0888 e. The van der Waals surface area contributed by atoms with Gasteiger partial charge in [-0.05, 0) is 79.3 Å². The van der Waals surface area contributed by atoms with Crippen molar-refractivity contribution in [3.63, 3.8) is 0 Å². The smallest absolute Gasteiger partial charge is 0.0249 e. The molecule has 1 saturated carbocycles. The van der Waals surface area contributed by atoms with Crippen LogP contribution in [0, 0.1) is 23.7 Å². The van der Waals surface area contributed by atoms with E-state index in [1.165, 1.54) is 81.8 Å². The second-order valence-electron chi connectivity index (χ2n) is 10.3. The summed E-state index contributed by atoms with van der Waals surface area (Å²) >= 11 is 0. The topological polar surface area (TPSA) is 0 Å². The zero-order valence-electron chi connectivity index (χ0n) is 21.8. The van der Waals surface area contributed by atoms with Gasteiger partial charge in [-0.1, -0.05) is 120 Å². The van der Waals surface area contributed by atoms with E-state index in [2.05, 4.69) is 86.4 Å². The molecule has 0 aromatic heterocycles. The van der Waals surface area contributed by atoms with Crippen LogP contribution in [0.2, 0.25) is 0 Å². The van der Waals surface area contributed by atoms with Crippen molar-refractivity contribution in [2.45, 2.75) is 104 Å². The average Bonchev–Trinajstić information content (AvgIpc) is 2.89. The molecule has 0 saturated heterocycles. The fraction of sp³-hybridized carbons (Fsp3) is 0.529. The van der Waals surface area contributed by atoms with Crippen LogP contribution in [0.25, 0.3) is 0 Å². The van der Waals surface area contributed by atoms with Gasteiger partial charge < -0.3 is 0 Å². The molecule has 0 radical (unpaired) electrons. The normalized spacial score (nSPS) is 18.1. The molecule has 0 spiro atoms. The van der Waals surface area contributed by atoms with Crippen LogP contribution in [0.1, 0.15) is 113 Å². The maximum Gasteiger partial charge on any atom is 0.0249 e. The van der Waals surface area contributed by atoms with Crippen molar-refractivity contribution in [1.82, 2.24) is 0 Å². The van der Waals surface area contributed by atoms with Gasteiger partial charge in [-0.2, -0.15) is 0 Å². The van der Waals surface area contributed by atoms with Crippen molar-refractivity contribution in [1.29, 1.82) is 0 Å². The molecule has 2 aromatic carbocycles. The van der Waals surface area contributed by atoms with Crippen LogP contribution in [0.5, 0.6) is 0 Å². The number of benzene rings is 2. The predicted octanol–water partition coefficient (Wildman–Crippen LogP) is 9.69. The van der Waals surface area contributed by atoms with Crippen molar-refractivity contribution in [3.05, 3.63) is 82.9 Å². The lowest BCUT2D eigenvalue weighted by molar-refractivity contribution is 0.249. The predicted molar refractivity (Wildman–Crippen MR) is 149 cm³/mol. The monoisotopic (exact) mass is 454 g/mol. The number of hydrogen-bond donors (Lipinski definition) is 0. The average molecular weight is 455 g/mol. The maximum atomic E-state index is 3.34. The number of hydrogen-bond acceptors (Lipinski definition) is 0. The van der Waals surface area contributed by atoms with Crippen LogP contribution in [0.4, 0.5) is 0 Å². The molecule has 0 heterocycles. The number of aryl methyl sites for hydroxylation is 2. The molecule has 0 aliphatic heterocycles. The van der Waals surface area contributed by atoms with Gasteiger partial charge in [-0.15, -0.1) is 0 Å². The van der Waals surface area contributed by atoms with Gasteiger partial charge in [0.25, 0.3) is 0 Å². The molecule has 0 nitrogen and oxygen atoms in total. The molecular weight excluding hydrogens is 408 g/mol. The molecule has 0 heteroatoms. The largest absolute Gasteiger partial charge is 0.0888 e. The highest BCUT2D eigenvalue weighted by Gasteiger charge is 2.20. The Labute approximate surface area is 210 Å². The van der Waals surface area contributed by atoms with Gasteiger partial charge in [0.05, 0.1) is 0 Å². The van der Waals surface area contributed by atoms with Gasteiger partial charge >= 0.3 is 0 Å². The quantitative estimate of drug-likeness (QED) is 0.170.